The minimum atomic E-state index is -2.49. The Labute approximate surface area is 187 Å². The third-order valence-corrected chi connectivity index (χ3v) is 6.51. The number of alkyl halides is 2. The Balaban J connectivity index is 1.46. The Hall–Kier alpha value is -2.64. The van der Waals surface area contributed by atoms with Crippen LogP contribution < -0.4 is 10.1 Å². The molecule has 174 valence electrons. The highest BCUT2D eigenvalue weighted by Gasteiger charge is 2.41. The summed E-state index contributed by atoms with van der Waals surface area (Å²) < 4.78 is 35.0. The molecule has 1 saturated heterocycles. The summed E-state index contributed by atoms with van der Waals surface area (Å²) in [4.78, 5) is 15.2. The molecule has 32 heavy (non-hydrogen) atoms. The maximum atomic E-state index is 13.8. The minimum absolute atomic E-state index is 0.0788. The number of nitrogens with zero attached hydrogens (tertiary/aromatic N) is 3. The molecule has 0 saturated carbocycles. The lowest BCUT2D eigenvalue weighted by Gasteiger charge is -2.42. The fraction of sp³-hybridized carbons (Fsp3) is 0.583. The van der Waals surface area contributed by atoms with E-state index in [4.69, 9.17) is 4.74 Å². The summed E-state index contributed by atoms with van der Waals surface area (Å²) in [5.41, 5.74) is 0.825. The number of amides is 1. The third-order valence-electron chi connectivity index (χ3n) is 6.51. The molecule has 0 unspecified atom stereocenters. The Kier molecular flexibility index (Phi) is 6.14. The zero-order chi connectivity index (χ0) is 23.0. The third kappa shape index (κ3) is 4.59. The van der Waals surface area contributed by atoms with Crippen molar-refractivity contribution < 1.29 is 18.3 Å². The number of halogens is 2. The summed E-state index contributed by atoms with van der Waals surface area (Å²) >= 11 is 0. The minimum Gasteiger partial charge on any atom is -0.478 e. The molecule has 2 aromatic rings. The van der Waals surface area contributed by atoms with Crippen molar-refractivity contribution in [1.29, 1.82) is 0 Å². The van der Waals surface area contributed by atoms with Crippen LogP contribution in [0.2, 0.25) is 0 Å². The number of aryl methyl sites for hydroxylation is 2. The molecule has 1 amide bonds. The van der Waals surface area contributed by atoms with Crippen LogP contribution in [0.5, 0.6) is 5.75 Å². The van der Waals surface area contributed by atoms with Gasteiger partial charge in [-0.15, -0.1) is 0 Å². The normalized spacial score (nSPS) is 23.6. The zero-order valence-electron chi connectivity index (χ0n) is 19.1. The van der Waals surface area contributed by atoms with E-state index in [0.717, 1.165) is 18.4 Å². The largest absolute Gasteiger partial charge is 0.478 e. The molecule has 6 nitrogen and oxygen atoms in total. The van der Waals surface area contributed by atoms with Crippen molar-refractivity contribution >= 4 is 11.7 Å². The van der Waals surface area contributed by atoms with Crippen molar-refractivity contribution in [3.8, 4) is 5.75 Å². The average Bonchev–Trinajstić information content (AvgIpc) is 3.14. The van der Waals surface area contributed by atoms with Crippen LogP contribution in [0, 0.1) is 19.8 Å². The van der Waals surface area contributed by atoms with E-state index in [0.29, 0.717) is 36.8 Å². The van der Waals surface area contributed by atoms with Crippen LogP contribution in [0.3, 0.4) is 0 Å². The molecule has 0 spiro atoms. The quantitative estimate of drug-likeness (QED) is 0.730. The van der Waals surface area contributed by atoms with Gasteiger partial charge < -0.3 is 15.0 Å². The summed E-state index contributed by atoms with van der Waals surface area (Å²) in [6.45, 7) is 8.55. The molecule has 0 radical (unpaired) electrons. The first kappa shape index (κ1) is 22.6. The molecule has 1 N–H and O–H groups in total. The predicted molar refractivity (Wildman–Crippen MR) is 119 cm³/mol. The fourth-order valence-corrected chi connectivity index (χ4v) is 4.85. The number of benzene rings is 1. The van der Waals surface area contributed by atoms with Gasteiger partial charge in [-0.25, -0.2) is 13.5 Å². The van der Waals surface area contributed by atoms with Gasteiger partial charge in [0.05, 0.1) is 5.69 Å². The molecular formula is C24H32F2N4O2. The van der Waals surface area contributed by atoms with E-state index in [2.05, 4.69) is 10.4 Å². The van der Waals surface area contributed by atoms with Crippen LogP contribution in [-0.4, -0.2) is 51.7 Å². The fourth-order valence-electron chi connectivity index (χ4n) is 4.85. The van der Waals surface area contributed by atoms with E-state index >= 15 is 0 Å². The van der Waals surface area contributed by atoms with E-state index in [-0.39, 0.29) is 17.9 Å². The van der Waals surface area contributed by atoms with Gasteiger partial charge in [0.2, 0.25) is 0 Å². The first-order valence-corrected chi connectivity index (χ1v) is 11.3. The smallest absolute Gasteiger partial charge is 0.266 e. The molecule has 0 aliphatic carbocycles. The van der Waals surface area contributed by atoms with Crippen LogP contribution in [0.4, 0.5) is 14.6 Å². The lowest BCUT2D eigenvalue weighted by molar-refractivity contribution is -0.147. The van der Waals surface area contributed by atoms with Crippen molar-refractivity contribution in [3.05, 3.63) is 41.6 Å². The highest BCUT2D eigenvalue weighted by Crippen LogP contribution is 2.37. The van der Waals surface area contributed by atoms with Gasteiger partial charge >= 0.3 is 0 Å². The number of anilines is 1. The van der Waals surface area contributed by atoms with Gasteiger partial charge in [0.1, 0.15) is 17.6 Å². The second-order valence-corrected chi connectivity index (χ2v) is 9.58. The van der Waals surface area contributed by atoms with Gasteiger partial charge in [-0.05, 0) is 65.0 Å². The van der Waals surface area contributed by atoms with E-state index in [1.165, 1.54) is 4.68 Å². The van der Waals surface area contributed by atoms with Gasteiger partial charge in [-0.1, -0.05) is 17.7 Å². The Morgan fingerprint density at radius 1 is 1.25 bits per heavy atom. The lowest BCUT2D eigenvalue weighted by atomic mass is 9.85. The van der Waals surface area contributed by atoms with E-state index < -0.39 is 18.1 Å². The van der Waals surface area contributed by atoms with Crippen molar-refractivity contribution in [2.24, 2.45) is 5.92 Å². The summed E-state index contributed by atoms with van der Waals surface area (Å²) in [7, 11) is 0. The number of nitrogens with one attached hydrogen (secondary N) is 1. The SMILES string of the molecule is Cc1ccc(OC(C)(C)C(=O)N2CCC[C@H]([C@@H]3C[C@H](C(F)F)n4nc(C)cc4N3)C2)cc1. The standard InChI is InChI=1S/C24H32F2N4O2/c1-15-7-9-18(10-8-15)32-24(3,4)23(31)29-11-5-6-17(14-29)19-13-20(22(25)26)30-21(27-19)12-16(2)28-30/h7-10,12,17,19-20,22,27H,5-6,11,13-14H2,1-4H3/t17-,19-,20+/m0/s1. The second kappa shape index (κ2) is 8.71. The average molecular weight is 447 g/mol. The van der Waals surface area contributed by atoms with Gasteiger partial charge in [-0.3, -0.25) is 4.79 Å². The van der Waals surface area contributed by atoms with Gasteiger partial charge in [0.25, 0.3) is 12.3 Å². The number of fused-ring (bicyclic) bond motifs is 1. The number of likely N-dealkylation sites (tertiary alicyclic amines) is 1. The number of ether oxygens (including phenoxy) is 1. The van der Waals surface area contributed by atoms with Crippen molar-refractivity contribution in [2.45, 2.75) is 71.1 Å². The molecule has 2 aliphatic heterocycles. The van der Waals surface area contributed by atoms with Crippen LogP contribution in [0.1, 0.15) is 50.4 Å². The summed E-state index contributed by atoms with van der Waals surface area (Å²) in [6, 6.07) is 8.37. The number of piperidine rings is 1. The summed E-state index contributed by atoms with van der Waals surface area (Å²) in [6.07, 6.45) is -0.459. The molecule has 4 rings (SSSR count). The Morgan fingerprint density at radius 2 is 1.97 bits per heavy atom. The van der Waals surface area contributed by atoms with Gasteiger partial charge in [-0.2, -0.15) is 5.10 Å². The van der Waals surface area contributed by atoms with Gasteiger partial charge in [0, 0.05) is 25.2 Å². The maximum absolute atomic E-state index is 13.8. The van der Waals surface area contributed by atoms with E-state index in [9.17, 15) is 13.6 Å². The first-order valence-electron chi connectivity index (χ1n) is 11.3. The predicted octanol–water partition coefficient (Wildman–Crippen LogP) is 4.59. The van der Waals surface area contributed by atoms with Crippen LogP contribution in [0.15, 0.2) is 30.3 Å². The number of hydrogen-bond donors (Lipinski definition) is 1. The lowest BCUT2D eigenvalue weighted by Crippen LogP contribution is -2.54. The number of aromatic nitrogens is 2. The van der Waals surface area contributed by atoms with Crippen molar-refractivity contribution in [3.63, 3.8) is 0 Å². The molecule has 1 aromatic heterocycles. The monoisotopic (exact) mass is 446 g/mol. The maximum Gasteiger partial charge on any atom is 0.266 e. The second-order valence-electron chi connectivity index (χ2n) is 9.58. The highest BCUT2D eigenvalue weighted by atomic mass is 19.3. The summed E-state index contributed by atoms with van der Waals surface area (Å²) in [5.74, 6) is 1.30. The summed E-state index contributed by atoms with van der Waals surface area (Å²) in [5, 5.41) is 7.66. The Bertz CT molecular complexity index is 957. The van der Waals surface area contributed by atoms with E-state index in [1.54, 1.807) is 13.8 Å². The van der Waals surface area contributed by atoms with Crippen LogP contribution >= 0.6 is 0 Å². The van der Waals surface area contributed by atoms with Crippen LogP contribution in [-0.2, 0) is 4.79 Å². The van der Waals surface area contributed by atoms with E-state index in [1.807, 2.05) is 49.1 Å². The van der Waals surface area contributed by atoms with Gasteiger partial charge in [0.15, 0.2) is 5.60 Å². The number of carbonyl (C=O) groups excluding carboxylic acids is 1. The number of hydrogen-bond acceptors (Lipinski definition) is 4. The molecule has 1 fully saturated rings. The number of rotatable bonds is 5. The molecule has 3 heterocycles. The Morgan fingerprint density at radius 3 is 2.66 bits per heavy atom. The van der Waals surface area contributed by atoms with Crippen molar-refractivity contribution in [1.82, 2.24) is 14.7 Å². The molecule has 8 heteroatoms. The van der Waals surface area contributed by atoms with Crippen molar-refractivity contribution in [2.75, 3.05) is 18.4 Å². The topological polar surface area (TPSA) is 59.4 Å². The number of carbonyl (C=O) groups is 1. The zero-order valence-corrected chi connectivity index (χ0v) is 19.1. The molecule has 0 bridgehead atoms. The highest BCUT2D eigenvalue weighted by molar-refractivity contribution is 5.85. The van der Waals surface area contributed by atoms with Crippen LogP contribution in [0.25, 0.3) is 0 Å². The first-order chi connectivity index (χ1) is 15.1. The molecule has 1 aromatic carbocycles. The molecule has 3 atom stereocenters. The molecular weight excluding hydrogens is 414 g/mol. The molecule has 2 aliphatic rings.